The van der Waals surface area contributed by atoms with Crippen LogP contribution in [-0.2, 0) is 0 Å². The number of urea groups is 1. The second-order valence-corrected chi connectivity index (χ2v) is 8.01. The molecule has 176 valence electrons. The van der Waals surface area contributed by atoms with E-state index in [9.17, 15) is 9.59 Å². The van der Waals surface area contributed by atoms with Gasteiger partial charge in [-0.25, -0.2) is 4.79 Å². The summed E-state index contributed by atoms with van der Waals surface area (Å²) in [6.07, 6.45) is 3.35. The van der Waals surface area contributed by atoms with Crippen molar-refractivity contribution >= 4 is 34.9 Å². The van der Waals surface area contributed by atoms with Crippen LogP contribution in [0, 0.1) is 0 Å². The summed E-state index contributed by atoms with van der Waals surface area (Å²) in [6, 6.07) is 12.2. The van der Waals surface area contributed by atoms with Gasteiger partial charge < -0.3 is 24.7 Å². The van der Waals surface area contributed by atoms with Crippen molar-refractivity contribution in [2.75, 3.05) is 66.4 Å². The molecular formula is C24H26N6O4. The third-order valence-corrected chi connectivity index (χ3v) is 5.96. The molecule has 34 heavy (non-hydrogen) atoms. The van der Waals surface area contributed by atoms with E-state index in [2.05, 4.69) is 20.5 Å². The van der Waals surface area contributed by atoms with Gasteiger partial charge in [0.25, 0.3) is 5.91 Å². The lowest BCUT2D eigenvalue weighted by Gasteiger charge is -2.30. The zero-order valence-corrected chi connectivity index (χ0v) is 18.9. The normalized spacial score (nSPS) is 16.1. The molecule has 2 N–H and O–H groups in total. The maximum Gasteiger partial charge on any atom is 0.331 e. The lowest BCUT2D eigenvalue weighted by Crippen LogP contribution is -2.43. The van der Waals surface area contributed by atoms with Crippen LogP contribution in [0.15, 0.2) is 59.3 Å². The molecule has 3 aromatic rings. The Morgan fingerprint density at radius 1 is 1.09 bits per heavy atom. The maximum absolute atomic E-state index is 13.0. The average Bonchev–Trinajstić information content (AvgIpc) is 3.52. The SMILES string of the molecule is COc1cccc(N2CCN(c3ccc(C(=O)Nc4cnccc4N4CCNCC4)o3)C2=O)c1. The van der Waals surface area contributed by atoms with Gasteiger partial charge in [0.05, 0.1) is 24.7 Å². The number of methoxy groups -OCH3 is 1. The summed E-state index contributed by atoms with van der Waals surface area (Å²) in [5.41, 5.74) is 2.28. The maximum atomic E-state index is 13.0. The van der Waals surface area contributed by atoms with Gasteiger partial charge in [0.2, 0.25) is 5.88 Å². The molecule has 10 nitrogen and oxygen atoms in total. The number of furan rings is 1. The van der Waals surface area contributed by atoms with Gasteiger partial charge in [-0.3, -0.25) is 19.6 Å². The Bertz CT molecular complexity index is 1190. The Morgan fingerprint density at radius 3 is 2.74 bits per heavy atom. The van der Waals surface area contributed by atoms with E-state index >= 15 is 0 Å². The Balaban J connectivity index is 1.29. The van der Waals surface area contributed by atoms with Crippen LogP contribution < -0.4 is 30.1 Å². The molecule has 2 saturated heterocycles. The molecule has 2 fully saturated rings. The fourth-order valence-electron chi connectivity index (χ4n) is 4.20. The standard InChI is InChI=1S/C24H26N6O4/c1-33-18-4-2-3-17(15-18)29-13-14-30(24(29)32)22-6-5-21(34-22)23(31)27-19-16-26-8-7-20(19)28-11-9-25-10-12-28/h2-8,15-16,25H,9-14H2,1H3,(H,27,31). The van der Waals surface area contributed by atoms with Crippen molar-refractivity contribution in [1.29, 1.82) is 0 Å². The number of benzene rings is 1. The van der Waals surface area contributed by atoms with Gasteiger partial charge in [-0.2, -0.15) is 0 Å². The van der Waals surface area contributed by atoms with Gasteiger partial charge in [-0.05, 0) is 24.3 Å². The van der Waals surface area contributed by atoms with Crippen molar-refractivity contribution in [2.24, 2.45) is 0 Å². The van der Waals surface area contributed by atoms with Gasteiger partial charge in [-0.1, -0.05) is 6.07 Å². The van der Waals surface area contributed by atoms with Crippen LogP contribution in [0.2, 0.25) is 0 Å². The topological polar surface area (TPSA) is 103 Å². The van der Waals surface area contributed by atoms with Crippen molar-refractivity contribution in [2.45, 2.75) is 0 Å². The molecule has 1 aromatic carbocycles. The number of rotatable bonds is 6. The van der Waals surface area contributed by atoms with Gasteiger partial charge in [0.15, 0.2) is 5.76 Å². The zero-order chi connectivity index (χ0) is 23.5. The van der Waals surface area contributed by atoms with Gasteiger partial charge in [0.1, 0.15) is 5.75 Å². The Morgan fingerprint density at radius 2 is 1.91 bits per heavy atom. The number of carbonyl (C=O) groups is 2. The van der Waals surface area contributed by atoms with Crippen molar-refractivity contribution in [3.05, 3.63) is 60.6 Å². The van der Waals surface area contributed by atoms with Crippen LogP contribution in [0.1, 0.15) is 10.6 Å². The van der Waals surface area contributed by atoms with Crippen LogP contribution in [0.4, 0.5) is 27.7 Å². The lowest BCUT2D eigenvalue weighted by molar-refractivity contribution is 0.0997. The molecule has 0 bridgehead atoms. The summed E-state index contributed by atoms with van der Waals surface area (Å²) in [5.74, 6) is 0.732. The first-order valence-electron chi connectivity index (χ1n) is 11.2. The minimum absolute atomic E-state index is 0.123. The Kier molecular flexibility index (Phi) is 6.05. The molecule has 0 unspecified atom stereocenters. The number of carbonyl (C=O) groups excluding carboxylic acids is 2. The van der Waals surface area contributed by atoms with Crippen LogP contribution >= 0.6 is 0 Å². The monoisotopic (exact) mass is 462 g/mol. The fourth-order valence-corrected chi connectivity index (χ4v) is 4.20. The number of ether oxygens (including phenoxy) is 1. The highest BCUT2D eigenvalue weighted by molar-refractivity contribution is 6.07. The van der Waals surface area contributed by atoms with Crippen molar-refractivity contribution in [3.8, 4) is 5.75 Å². The summed E-state index contributed by atoms with van der Waals surface area (Å²) in [4.78, 5) is 35.5. The zero-order valence-electron chi connectivity index (χ0n) is 18.9. The van der Waals surface area contributed by atoms with E-state index in [0.29, 0.717) is 30.4 Å². The summed E-state index contributed by atoms with van der Waals surface area (Å²) < 4.78 is 11.0. The Hall–Kier alpha value is -4.05. The van der Waals surface area contributed by atoms with E-state index in [1.807, 2.05) is 30.3 Å². The Labute approximate surface area is 197 Å². The van der Waals surface area contributed by atoms with E-state index in [0.717, 1.165) is 37.6 Å². The highest BCUT2D eigenvalue weighted by Crippen LogP contribution is 2.30. The minimum Gasteiger partial charge on any atom is -0.497 e. The first-order chi connectivity index (χ1) is 16.6. The van der Waals surface area contributed by atoms with E-state index in [1.54, 1.807) is 36.5 Å². The van der Waals surface area contributed by atoms with E-state index in [1.165, 1.54) is 4.90 Å². The smallest absolute Gasteiger partial charge is 0.331 e. The van der Waals surface area contributed by atoms with Crippen LogP contribution in [0.3, 0.4) is 0 Å². The third kappa shape index (κ3) is 4.27. The number of aromatic nitrogens is 1. The summed E-state index contributed by atoms with van der Waals surface area (Å²) in [6.45, 7) is 4.40. The number of nitrogens with zero attached hydrogens (tertiary/aromatic N) is 4. The van der Waals surface area contributed by atoms with Gasteiger partial charge in [0, 0.05) is 63.3 Å². The fraction of sp³-hybridized carbons (Fsp3) is 0.292. The van der Waals surface area contributed by atoms with Crippen LogP contribution in [0.5, 0.6) is 5.75 Å². The second kappa shape index (κ2) is 9.44. The number of nitrogens with one attached hydrogen (secondary N) is 2. The summed E-state index contributed by atoms with van der Waals surface area (Å²) in [5, 5.41) is 6.22. The van der Waals surface area contributed by atoms with Crippen LogP contribution in [0.25, 0.3) is 0 Å². The number of pyridine rings is 1. The predicted molar refractivity (Wildman–Crippen MR) is 129 cm³/mol. The molecule has 0 aliphatic carbocycles. The molecule has 0 spiro atoms. The molecule has 10 heteroatoms. The number of piperazine rings is 1. The molecule has 2 aliphatic heterocycles. The molecule has 3 amide bonds. The van der Waals surface area contributed by atoms with Crippen molar-refractivity contribution < 1.29 is 18.7 Å². The number of anilines is 4. The molecule has 4 heterocycles. The molecule has 5 rings (SSSR count). The van der Waals surface area contributed by atoms with Crippen molar-refractivity contribution in [1.82, 2.24) is 10.3 Å². The molecular weight excluding hydrogens is 436 g/mol. The summed E-state index contributed by atoms with van der Waals surface area (Å²) >= 11 is 0. The first kappa shape index (κ1) is 21.8. The second-order valence-electron chi connectivity index (χ2n) is 8.01. The predicted octanol–water partition coefficient (Wildman–Crippen LogP) is 2.79. The molecule has 0 saturated carbocycles. The quantitative estimate of drug-likeness (QED) is 0.581. The molecule has 0 radical (unpaired) electrons. The van der Waals surface area contributed by atoms with Crippen molar-refractivity contribution in [3.63, 3.8) is 0 Å². The molecule has 2 aromatic heterocycles. The summed E-state index contributed by atoms with van der Waals surface area (Å²) in [7, 11) is 1.59. The van der Waals surface area contributed by atoms with E-state index < -0.39 is 5.91 Å². The number of hydrogen-bond donors (Lipinski definition) is 2. The van der Waals surface area contributed by atoms with E-state index in [4.69, 9.17) is 9.15 Å². The minimum atomic E-state index is -0.396. The third-order valence-electron chi connectivity index (χ3n) is 5.96. The number of amides is 3. The van der Waals surface area contributed by atoms with E-state index in [-0.39, 0.29) is 11.8 Å². The van der Waals surface area contributed by atoms with Crippen LogP contribution in [-0.4, -0.2) is 63.3 Å². The lowest BCUT2D eigenvalue weighted by atomic mass is 10.2. The highest BCUT2D eigenvalue weighted by atomic mass is 16.5. The largest absolute Gasteiger partial charge is 0.497 e. The molecule has 0 atom stereocenters. The van der Waals surface area contributed by atoms with Gasteiger partial charge >= 0.3 is 6.03 Å². The highest BCUT2D eigenvalue weighted by Gasteiger charge is 2.33. The first-order valence-corrected chi connectivity index (χ1v) is 11.2. The average molecular weight is 463 g/mol. The van der Waals surface area contributed by atoms with Gasteiger partial charge in [-0.15, -0.1) is 0 Å². The number of hydrogen-bond acceptors (Lipinski definition) is 7. The molecule has 2 aliphatic rings.